The molecule has 0 aromatic carbocycles. The van der Waals surface area contributed by atoms with Crippen molar-refractivity contribution in [2.24, 2.45) is 0 Å². The molecule has 1 fully saturated rings. The number of hydrogen-bond acceptors (Lipinski definition) is 5. The minimum absolute atomic E-state index is 0.00310. The molecule has 1 unspecified atom stereocenters. The highest BCUT2D eigenvalue weighted by Crippen LogP contribution is 2.22. The first kappa shape index (κ1) is 14.0. The number of hydrogen-bond donors (Lipinski definition) is 2. The van der Waals surface area contributed by atoms with Gasteiger partial charge in [0.05, 0.1) is 6.10 Å². The summed E-state index contributed by atoms with van der Waals surface area (Å²) in [6.07, 6.45) is 2.39. The van der Waals surface area contributed by atoms with E-state index in [0.717, 1.165) is 17.7 Å². The quantitative estimate of drug-likeness (QED) is 0.810. The molecule has 1 aliphatic heterocycles. The van der Waals surface area contributed by atoms with Gasteiger partial charge in [-0.15, -0.1) is 11.3 Å². The largest absolute Gasteiger partial charge is 0.396 e. The maximum atomic E-state index is 12.0. The van der Waals surface area contributed by atoms with Crippen molar-refractivity contribution < 1.29 is 18.3 Å². The normalized spacial score (nSPS) is 20.4. The molecule has 18 heavy (non-hydrogen) atoms. The lowest BCUT2D eigenvalue weighted by atomic mass is 10.2. The zero-order valence-corrected chi connectivity index (χ0v) is 11.6. The van der Waals surface area contributed by atoms with Gasteiger partial charge in [0, 0.05) is 31.1 Å². The fourth-order valence-electron chi connectivity index (χ4n) is 1.83. The van der Waals surface area contributed by atoms with Crippen LogP contribution >= 0.6 is 11.3 Å². The molecule has 1 aromatic heterocycles. The Morgan fingerprint density at radius 3 is 3.00 bits per heavy atom. The molecule has 1 aromatic rings. The first-order chi connectivity index (χ1) is 8.62. The lowest BCUT2D eigenvalue weighted by Crippen LogP contribution is -2.31. The monoisotopic (exact) mass is 291 g/mol. The molecule has 0 spiro atoms. The van der Waals surface area contributed by atoms with Gasteiger partial charge >= 0.3 is 0 Å². The van der Waals surface area contributed by atoms with E-state index in [0.29, 0.717) is 23.8 Å². The summed E-state index contributed by atoms with van der Waals surface area (Å²) in [7, 11) is -3.44. The van der Waals surface area contributed by atoms with Crippen LogP contribution < -0.4 is 4.72 Å². The highest BCUT2D eigenvalue weighted by Gasteiger charge is 2.21. The van der Waals surface area contributed by atoms with Crippen LogP contribution in [0.2, 0.25) is 0 Å². The molecule has 2 N–H and O–H groups in total. The highest BCUT2D eigenvalue weighted by atomic mass is 32.2. The van der Waals surface area contributed by atoms with Crippen LogP contribution in [-0.2, 0) is 21.2 Å². The molecular weight excluding hydrogens is 274 g/mol. The Bertz CT molecular complexity index is 477. The zero-order valence-electron chi connectivity index (χ0n) is 9.96. The molecule has 1 aliphatic rings. The maximum Gasteiger partial charge on any atom is 0.250 e. The molecule has 0 saturated carbocycles. The molecular formula is C11H17NO4S2. The number of thiophene rings is 1. The second-order valence-corrected chi connectivity index (χ2v) is 7.34. The van der Waals surface area contributed by atoms with Crippen molar-refractivity contribution in [3.63, 3.8) is 0 Å². The van der Waals surface area contributed by atoms with Gasteiger partial charge in [0.15, 0.2) is 0 Å². The van der Waals surface area contributed by atoms with Gasteiger partial charge < -0.3 is 9.84 Å². The van der Waals surface area contributed by atoms with E-state index in [2.05, 4.69) is 4.72 Å². The standard InChI is InChI=1S/C11H17NO4S2/c13-6-5-10-3-4-11(17-10)18(14,15)12-8-9-2-1-7-16-9/h3-4,9,12-13H,1-2,5-8H2. The molecule has 1 saturated heterocycles. The Morgan fingerprint density at radius 1 is 1.50 bits per heavy atom. The summed E-state index contributed by atoms with van der Waals surface area (Å²) < 4.78 is 32.2. The van der Waals surface area contributed by atoms with Crippen LogP contribution in [0.4, 0.5) is 0 Å². The van der Waals surface area contributed by atoms with E-state index >= 15 is 0 Å². The van der Waals surface area contributed by atoms with Crippen LogP contribution in [0.5, 0.6) is 0 Å². The Morgan fingerprint density at radius 2 is 2.33 bits per heavy atom. The van der Waals surface area contributed by atoms with E-state index in [4.69, 9.17) is 9.84 Å². The van der Waals surface area contributed by atoms with Crippen molar-refractivity contribution in [2.75, 3.05) is 19.8 Å². The smallest absolute Gasteiger partial charge is 0.250 e. The van der Waals surface area contributed by atoms with Crippen LogP contribution in [0.1, 0.15) is 17.7 Å². The van der Waals surface area contributed by atoms with Gasteiger partial charge in [-0.25, -0.2) is 13.1 Å². The number of rotatable bonds is 6. The number of nitrogens with one attached hydrogen (secondary N) is 1. The Hall–Kier alpha value is -0.470. The summed E-state index contributed by atoms with van der Waals surface area (Å²) >= 11 is 1.20. The summed E-state index contributed by atoms with van der Waals surface area (Å²) in [4.78, 5) is 0.870. The van der Waals surface area contributed by atoms with Crippen molar-refractivity contribution in [3.8, 4) is 0 Å². The second kappa shape index (κ2) is 6.12. The number of sulfonamides is 1. The summed E-state index contributed by atoms with van der Waals surface area (Å²) in [6.45, 7) is 1.07. The molecule has 0 bridgehead atoms. The molecule has 5 nitrogen and oxygen atoms in total. The van der Waals surface area contributed by atoms with Gasteiger partial charge in [-0.05, 0) is 25.0 Å². The molecule has 2 heterocycles. The molecule has 0 radical (unpaired) electrons. The summed E-state index contributed by atoms with van der Waals surface area (Å²) in [5.41, 5.74) is 0. The lowest BCUT2D eigenvalue weighted by Gasteiger charge is -2.10. The Kier molecular flexibility index (Phi) is 4.74. The summed E-state index contributed by atoms with van der Waals surface area (Å²) in [5.74, 6) is 0. The Labute approximate surface area is 111 Å². The third kappa shape index (κ3) is 3.52. The number of aliphatic hydroxyl groups is 1. The highest BCUT2D eigenvalue weighted by molar-refractivity contribution is 7.91. The molecule has 0 amide bonds. The molecule has 1 atom stereocenters. The maximum absolute atomic E-state index is 12.0. The van der Waals surface area contributed by atoms with Gasteiger partial charge in [0.1, 0.15) is 4.21 Å². The minimum atomic E-state index is -3.44. The van der Waals surface area contributed by atoms with Gasteiger partial charge in [0.2, 0.25) is 10.0 Å². The van der Waals surface area contributed by atoms with E-state index in [9.17, 15) is 8.42 Å². The molecule has 102 valence electrons. The Balaban J connectivity index is 1.95. The molecule has 2 rings (SSSR count). The van der Waals surface area contributed by atoms with Crippen molar-refractivity contribution in [3.05, 3.63) is 17.0 Å². The van der Waals surface area contributed by atoms with Gasteiger partial charge in [-0.2, -0.15) is 0 Å². The third-order valence-corrected chi connectivity index (χ3v) is 5.85. The third-order valence-electron chi connectivity index (χ3n) is 2.79. The summed E-state index contributed by atoms with van der Waals surface area (Å²) in [6, 6.07) is 3.31. The van der Waals surface area contributed by atoms with Crippen molar-refractivity contribution in [2.45, 2.75) is 29.6 Å². The lowest BCUT2D eigenvalue weighted by molar-refractivity contribution is 0.114. The first-order valence-corrected chi connectivity index (χ1v) is 8.22. The van der Waals surface area contributed by atoms with Crippen LogP contribution in [-0.4, -0.2) is 39.4 Å². The molecule has 7 heteroatoms. The number of aliphatic hydroxyl groups excluding tert-OH is 1. The van der Waals surface area contributed by atoms with Crippen LogP contribution in [0.3, 0.4) is 0 Å². The van der Waals surface area contributed by atoms with E-state index in [1.807, 2.05) is 0 Å². The van der Waals surface area contributed by atoms with E-state index in [-0.39, 0.29) is 12.7 Å². The van der Waals surface area contributed by atoms with Crippen molar-refractivity contribution in [1.82, 2.24) is 4.72 Å². The second-order valence-electron chi connectivity index (χ2n) is 4.18. The van der Waals surface area contributed by atoms with E-state index < -0.39 is 10.0 Å². The van der Waals surface area contributed by atoms with Crippen LogP contribution in [0.15, 0.2) is 16.3 Å². The predicted molar refractivity (Wildman–Crippen MR) is 69.3 cm³/mol. The molecule has 0 aliphatic carbocycles. The zero-order chi connectivity index (χ0) is 13.0. The first-order valence-electron chi connectivity index (χ1n) is 5.92. The average Bonchev–Trinajstić information content (AvgIpc) is 2.98. The summed E-state index contributed by atoms with van der Waals surface area (Å²) in [5, 5.41) is 8.80. The predicted octanol–water partition coefficient (Wildman–Crippen LogP) is 0.740. The van der Waals surface area contributed by atoms with Crippen molar-refractivity contribution in [1.29, 1.82) is 0 Å². The number of ether oxygens (including phenoxy) is 1. The van der Waals surface area contributed by atoms with Crippen LogP contribution in [0, 0.1) is 0 Å². The fourth-order valence-corrected chi connectivity index (χ4v) is 4.28. The van der Waals surface area contributed by atoms with Gasteiger partial charge in [-0.3, -0.25) is 0 Å². The SMILES string of the molecule is O=S(=O)(NCC1CCCO1)c1ccc(CCO)s1. The van der Waals surface area contributed by atoms with Crippen LogP contribution in [0.25, 0.3) is 0 Å². The van der Waals surface area contributed by atoms with Gasteiger partial charge in [-0.1, -0.05) is 0 Å². The minimum Gasteiger partial charge on any atom is -0.396 e. The van der Waals surface area contributed by atoms with E-state index in [1.165, 1.54) is 11.3 Å². The topological polar surface area (TPSA) is 75.6 Å². The van der Waals surface area contributed by atoms with E-state index in [1.54, 1.807) is 12.1 Å². The van der Waals surface area contributed by atoms with Crippen molar-refractivity contribution >= 4 is 21.4 Å². The fraction of sp³-hybridized carbons (Fsp3) is 0.636. The van der Waals surface area contributed by atoms with Gasteiger partial charge in [0.25, 0.3) is 0 Å². The average molecular weight is 291 g/mol.